The SMILES string of the molecule is CNC(=O)[C@@H](NCc1ccc(-c2ccccc2)cc1)[C@H](C)O. The van der Waals surface area contributed by atoms with Gasteiger partial charge in [-0.2, -0.15) is 0 Å². The maximum atomic E-state index is 11.7. The number of nitrogens with one attached hydrogen (secondary N) is 2. The van der Waals surface area contributed by atoms with Gasteiger partial charge in [-0.25, -0.2) is 0 Å². The van der Waals surface area contributed by atoms with Crippen molar-refractivity contribution < 1.29 is 9.90 Å². The van der Waals surface area contributed by atoms with Crippen LogP contribution in [0.3, 0.4) is 0 Å². The normalized spacial score (nSPS) is 13.4. The standard InChI is InChI=1S/C18H22N2O2/c1-13(21)17(18(22)19-2)20-12-14-8-10-16(11-9-14)15-6-4-3-5-7-15/h3-11,13,17,20-21H,12H2,1-2H3,(H,19,22)/t13-,17-/m0/s1. The summed E-state index contributed by atoms with van der Waals surface area (Å²) in [4.78, 5) is 11.7. The minimum absolute atomic E-state index is 0.212. The predicted octanol–water partition coefficient (Wildman–Crippen LogP) is 1.94. The van der Waals surface area contributed by atoms with Crippen molar-refractivity contribution in [3.05, 3.63) is 60.2 Å². The molecule has 2 rings (SSSR count). The van der Waals surface area contributed by atoms with Gasteiger partial charge >= 0.3 is 0 Å². The van der Waals surface area contributed by atoms with Gasteiger partial charge in [0.2, 0.25) is 5.91 Å². The molecular weight excluding hydrogens is 276 g/mol. The van der Waals surface area contributed by atoms with Crippen molar-refractivity contribution in [2.45, 2.75) is 25.6 Å². The Morgan fingerprint density at radius 3 is 2.18 bits per heavy atom. The lowest BCUT2D eigenvalue weighted by atomic mass is 10.0. The Bertz CT molecular complexity index is 594. The van der Waals surface area contributed by atoms with E-state index in [1.165, 1.54) is 5.56 Å². The number of carbonyl (C=O) groups excluding carboxylic acids is 1. The van der Waals surface area contributed by atoms with Crippen LogP contribution in [0.2, 0.25) is 0 Å². The predicted molar refractivity (Wildman–Crippen MR) is 88.3 cm³/mol. The zero-order valence-electron chi connectivity index (χ0n) is 12.9. The van der Waals surface area contributed by atoms with Gasteiger partial charge in [0.05, 0.1) is 6.10 Å². The Morgan fingerprint density at radius 1 is 1.05 bits per heavy atom. The summed E-state index contributed by atoms with van der Waals surface area (Å²) in [5, 5.41) is 15.3. The van der Waals surface area contributed by atoms with E-state index in [1.807, 2.05) is 30.3 Å². The molecule has 0 fully saturated rings. The first-order valence-corrected chi connectivity index (χ1v) is 7.39. The molecule has 1 amide bonds. The van der Waals surface area contributed by atoms with Crippen LogP contribution in [-0.4, -0.2) is 30.2 Å². The van der Waals surface area contributed by atoms with Crippen LogP contribution in [0.1, 0.15) is 12.5 Å². The van der Waals surface area contributed by atoms with Crippen molar-refractivity contribution in [1.29, 1.82) is 0 Å². The van der Waals surface area contributed by atoms with Crippen LogP contribution in [0.25, 0.3) is 11.1 Å². The number of likely N-dealkylation sites (N-methyl/N-ethyl adjacent to an activating group) is 1. The van der Waals surface area contributed by atoms with E-state index >= 15 is 0 Å². The number of hydrogen-bond acceptors (Lipinski definition) is 3. The Labute approximate surface area is 131 Å². The lowest BCUT2D eigenvalue weighted by Gasteiger charge is -2.20. The van der Waals surface area contributed by atoms with Crippen LogP contribution in [0.5, 0.6) is 0 Å². The van der Waals surface area contributed by atoms with E-state index in [0.717, 1.165) is 11.1 Å². The molecule has 0 unspecified atom stereocenters. The van der Waals surface area contributed by atoms with Crippen LogP contribution in [0.15, 0.2) is 54.6 Å². The molecule has 0 saturated carbocycles. The fraction of sp³-hybridized carbons (Fsp3) is 0.278. The van der Waals surface area contributed by atoms with Gasteiger partial charge in [-0.3, -0.25) is 10.1 Å². The lowest BCUT2D eigenvalue weighted by molar-refractivity contribution is -0.125. The summed E-state index contributed by atoms with van der Waals surface area (Å²) in [7, 11) is 1.56. The number of aliphatic hydroxyl groups excluding tert-OH is 1. The second kappa shape index (κ2) is 7.73. The van der Waals surface area contributed by atoms with Gasteiger partial charge in [0.1, 0.15) is 6.04 Å². The number of amides is 1. The summed E-state index contributed by atoms with van der Waals surface area (Å²) in [6.07, 6.45) is -0.747. The minimum atomic E-state index is -0.747. The molecule has 4 nitrogen and oxygen atoms in total. The molecular formula is C18H22N2O2. The van der Waals surface area contributed by atoms with Crippen molar-refractivity contribution in [3.8, 4) is 11.1 Å². The molecule has 22 heavy (non-hydrogen) atoms. The fourth-order valence-corrected chi connectivity index (χ4v) is 2.31. The molecule has 0 spiro atoms. The summed E-state index contributed by atoms with van der Waals surface area (Å²) < 4.78 is 0. The van der Waals surface area contributed by atoms with Gasteiger partial charge in [-0.05, 0) is 23.6 Å². The van der Waals surface area contributed by atoms with Crippen molar-refractivity contribution in [1.82, 2.24) is 10.6 Å². The average molecular weight is 298 g/mol. The number of carbonyl (C=O) groups is 1. The average Bonchev–Trinajstić information content (AvgIpc) is 2.56. The van der Waals surface area contributed by atoms with Crippen LogP contribution in [-0.2, 0) is 11.3 Å². The molecule has 0 aliphatic heterocycles. The zero-order chi connectivity index (χ0) is 15.9. The monoisotopic (exact) mass is 298 g/mol. The third-order valence-electron chi connectivity index (χ3n) is 3.60. The van der Waals surface area contributed by atoms with Gasteiger partial charge in [0.25, 0.3) is 0 Å². The third-order valence-corrected chi connectivity index (χ3v) is 3.60. The van der Waals surface area contributed by atoms with E-state index in [1.54, 1.807) is 14.0 Å². The maximum absolute atomic E-state index is 11.7. The first-order chi connectivity index (χ1) is 10.6. The molecule has 3 N–H and O–H groups in total. The van der Waals surface area contributed by atoms with Crippen molar-refractivity contribution >= 4 is 5.91 Å². The van der Waals surface area contributed by atoms with Crippen LogP contribution < -0.4 is 10.6 Å². The fourth-order valence-electron chi connectivity index (χ4n) is 2.31. The van der Waals surface area contributed by atoms with E-state index in [9.17, 15) is 9.90 Å². The molecule has 0 aromatic heterocycles. The Hall–Kier alpha value is -2.17. The number of hydrogen-bond donors (Lipinski definition) is 3. The van der Waals surface area contributed by atoms with E-state index < -0.39 is 12.1 Å². The van der Waals surface area contributed by atoms with E-state index in [-0.39, 0.29) is 5.91 Å². The van der Waals surface area contributed by atoms with Gasteiger partial charge in [-0.15, -0.1) is 0 Å². The molecule has 2 atom stereocenters. The second-order valence-corrected chi connectivity index (χ2v) is 5.28. The highest BCUT2D eigenvalue weighted by Gasteiger charge is 2.21. The Kier molecular flexibility index (Phi) is 5.69. The third kappa shape index (κ3) is 4.16. The summed E-state index contributed by atoms with van der Waals surface area (Å²) in [5.74, 6) is -0.212. The maximum Gasteiger partial charge on any atom is 0.239 e. The first kappa shape index (κ1) is 16.2. The van der Waals surface area contributed by atoms with Crippen molar-refractivity contribution in [2.24, 2.45) is 0 Å². The zero-order valence-corrected chi connectivity index (χ0v) is 12.9. The van der Waals surface area contributed by atoms with Crippen molar-refractivity contribution in [3.63, 3.8) is 0 Å². The van der Waals surface area contributed by atoms with E-state index in [4.69, 9.17) is 0 Å². The van der Waals surface area contributed by atoms with Gasteiger partial charge in [-0.1, -0.05) is 54.6 Å². The summed E-state index contributed by atoms with van der Waals surface area (Å²) in [6, 6.07) is 17.7. The molecule has 116 valence electrons. The molecule has 2 aromatic rings. The van der Waals surface area contributed by atoms with E-state index in [0.29, 0.717) is 6.54 Å². The van der Waals surface area contributed by atoms with Crippen LogP contribution in [0, 0.1) is 0 Å². The minimum Gasteiger partial charge on any atom is -0.391 e. The molecule has 0 heterocycles. The number of rotatable bonds is 6. The number of aliphatic hydroxyl groups is 1. The smallest absolute Gasteiger partial charge is 0.239 e. The highest BCUT2D eigenvalue weighted by atomic mass is 16.3. The van der Waals surface area contributed by atoms with Gasteiger partial charge in [0, 0.05) is 13.6 Å². The van der Waals surface area contributed by atoms with Gasteiger partial charge < -0.3 is 10.4 Å². The lowest BCUT2D eigenvalue weighted by Crippen LogP contribution is -2.49. The summed E-state index contributed by atoms with van der Waals surface area (Å²) in [5.41, 5.74) is 3.39. The van der Waals surface area contributed by atoms with E-state index in [2.05, 4.69) is 34.9 Å². The molecule has 0 radical (unpaired) electrons. The van der Waals surface area contributed by atoms with Crippen LogP contribution >= 0.6 is 0 Å². The van der Waals surface area contributed by atoms with Crippen molar-refractivity contribution in [2.75, 3.05) is 7.05 Å². The molecule has 0 aliphatic carbocycles. The summed E-state index contributed by atoms with van der Waals surface area (Å²) in [6.45, 7) is 2.13. The largest absolute Gasteiger partial charge is 0.391 e. The molecule has 0 saturated heterocycles. The second-order valence-electron chi connectivity index (χ2n) is 5.28. The molecule has 2 aromatic carbocycles. The Balaban J connectivity index is 2.01. The molecule has 4 heteroatoms. The number of benzene rings is 2. The molecule has 0 aliphatic rings. The quantitative estimate of drug-likeness (QED) is 0.764. The highest BCUT2D eigenvalue weighted by Crippen LogP contribution is 2.19. The Morgan fingerprint density at radius 2 is 1.64 bits per heavy atom. The highest BCUT2D eigenvalue weighted by molar-refractivity contribution is 5.82. The molecule has 0 bridgehead atoms. The summed E-state index contributed by atoms with van der Waals surface area (Å²) >= 11 is 0. The van der Waals surface area contributed by atoms with Crippen LogP contribution in [0.4, 0.5) is 0 Å². The van der Waals surface area contributed by atoms with Gasteiger partial charge in [0.15, 0.2) is 0 Å². The first-order valence-electron chi connectivity index (χ1n) is 7.39. The topological polar surface area (TPSA) is 61.4 Å².